The van der Waals surface area contributed by atoms with E-state index in [0.29, 0.717) is 0 Å². The molecule has 1 heterocycles. The zero-order chi connectivity index (χ0) is 11.6. The zero-order valence-electron chi connectivity index (χ0n) is 10.6. The fourth-order valence-electron chi connectivity index (χ4n) is 2.26. The first kappa shape index (κ1) is 13.5. The molecule has 94 valence electrons. The number of carbonyl (C=O) groups is 1. The maximum atomic E-state index is 10.6. The number of piperidine rings is 1. The van der Waals surface area contributed by atoms with Crippen molar-refractivity contribution in [3.8, 4) is 0 Å². The summed E-state index contributed by atoms with van der Waals surface area (Å²) in [5.74, 6) is 0.0910. The summed E-state index contributed by atoms with van der Waals surface area (Å²) in [5, 5.41) is 2.84. The van der Waals surface area contributed by atoms with Gasteiger partial charge in [-0.3, -0.25) is 4.79 Å². The molecule has 0 aromatic heterocycles. The highest BCUT2D eigenvalue weighted by molar-refractivity contribution is 5.72. The van der Waals surface area contributed by atoms with Crippen molar-refractivity contribution in [2.75, 3.05) is 26.2 Å². The van der Waals surface area contributed by atoms with Crippen LogP contribution in [0.1, 0.15) is 51.9 Å². The van der Waals surface area contributed by atoms with Crippen LogP contribution in [0.25, 0.3) is 0 Å². The Hall–Kier alpha value is -0.570. The predicted octanol–water partition coefficient (Wildman–Crippen LogP) is 2.17. The molecule has 0 spiro atoms. The normalized spacial score (nSPS) is 17.3. The van der Waals surface area contributed by atoms with Gasteiger partial charge in [0.05, 0.1) is 0 Å². The van der Waals surface area contributed by atoms with Crippen molar-refractivity contribution in [3.63, 3.8) is 0 Å². The van der Waals surface area contributed by atoms with Crippen LogP contribution in [0.5, 0.6) is 0 Å². The molecule has 0 unspecified atom stereocenters. The first-order valence-corrected chi connectivity index (χ1v) is 6.76. The Balaban J connectivity index is 1.82. The van der Waals surface area contributed by atoms with E-state index in [0.717, 1.165) is 13.0 Å². The molecular weight excluding hydrogens is 200 g/mol. The van der Waals surface area contributed by atoms with Crippen molar-refractivity contribution < 1.29 is 4.79 Å². The Morgan fingerprint density at radius 1 is 1.06 bits per heavy atom. The summed E-state index contributed by atoms with van der Waals surface area (Å²) in [7, 11) is 0. The van der Waals surface area contributed by atoms with Crippen molar-refractivity contribution in [1.29, 1.82) is 0 Å². The molecule has 1 saturated heterocycles. The van der Waals surface area contributed by atoms with E-state index in [-0.39, 0.29) is 5.91 Å². The number of hydrogen-bond donors (Lipinski definition) is 1. The molecule has 1 N–H and O–H groups in total. The molecule has 0 atom stereocenters. The second kappa shape index (κ2) is 8.57. The fourth-order valence-corrected chi connectivity index (χ4v) is 2.26. The third-order valence-electron chi connectivity index (χ3n) is 3.22. The van der Waals surface area contributed by atoms with E-state index in [1.165, 1.54) is 58.2 Å². The van der Waals surface area contributed by atoms with Crippen molar-refractivity contribution in [2.45, 2.75) is 51.9 Å². The molecule has 1 rings (SSSR count). The average Bonchev–Trinajstić information content (AvgIpc) is 2.29. The van der Waals surface area contributed by atoms with Gasteiger partial charge in [-0.25, -0.2) is 0 Å². The quantitative estimate of drug-likeness (QED) is 0.675. The summed E-state index contributed by atoms with van der Waals surface area (Å²) < 4.78 is 0. The summed E-state index contributed by atoms with van der Waals surface area (Å²) in [6, 6.07) is 0. The van der Waals surface area contributed by atoms with Gasteiger partial charge in [-0.15, -0.1) is 0 Å². The molecular formula is C13H26N2O. The first-order chi connectivity index (χ1) is 7.79. The standard InChI is InChI=1S/C13H26N2O/c1-13(16)14-9-5-2-3-6-10-15-11-7-4-8-12-15/h2-12H2,1H3,(H,14,16). The third-order valence-corrected chi connectivity index (χ3v) is 3.22. The van der Waals surface area contributed by atoms with Crippen molar-refractivity contribution in [3.05, 3.63) is 0 Å². The monoisotopic (exact) mass is 226 g/mol. The SMILES string of the molecule is CC(=O)NCCCCCCN1CCCCC1. The summed E-state index contributed by atoms with van der Waals surface area (Å²) in [4.78, 5) is 13.2. The van der Waals surface area contributed by atoms with Crippen LogP contribution in [0.4, 0.5) is 0 Å². The summed E-state index contributed by atoms with van der Waals surface area (Å²) in [6.45, 7) is 6.33. The van der Waals surface area contributed by atoms with Gasteiger partial charge in [-0.2, -0.15) is 0 Å². The van der Waals surface area contributed by atoms with Crippen LogP contribution in [0.3, 0.4) is 0 Å². The summed E-state index contributed by atoms with van der Waals surface area (Å²) >= 11 is 0. The molecule has 1 aliphatic heterocycles. The van der Waals surface area contributed by atoms with Crippen LogP contribution in [-0.4, -0.2) is 37.0 Å². The van der Waals surface area contributed by atoms with Gasteiger partial charge in [0.2, 0.25) is 5.91 Å². The van der Waals surface area contributed by atoms with Crippen LogP contribution in [0.15, 0.2) is 0 Å². The van der Waals surface area contributed by atoms with Crippen LogP contribution in [-0.2, 0) is 4.79 Å². The van der Waals surface area contributed by atoms with E-state index in [9.17, 15) is 4.79 Å². The molecule has 3 heteroatoms. The summed E-state index contributed by atoms with van der Waals surface area (Å²) in [6.07, 6.45) is 9.20. The molecule has 0 radical (unpaired) electrons. The van der Waals surface area contributed by atoms with E-state index >= 15 is 0 Å². The number of nitrogens with one attached hydrogen (secondary N) is 1. The maximum absolute atomic E-state index is 10.6. The van der Waals surface area contributed by atoms with E-state index in [1.807, 2.05) is 0 Å². The fraction of sp³-hybridized carbons (Fsp3) is 0.923. The van der Waals surface area contributed by atoms with Gasteiger partial charge < -0.3 is 10.2 Å². The van der Waals surface area contributed by atoms with Crippen molar-refractivity contribution >= 4 is 5.91 Å². The Kier molecular flexibility index (Phi) is 7.23. The van der Waals surface area contributed by atoms with Gasteiger partial charge in [-0.05, 0) is 45.3 Å². The molecule has 1 amide bonds. The minimum Gasteiger partial charge on any atom is -0.356 e. The minimum atomic E-state index is 0.0910. The topological polar surface area (TPSA) is 32.3 Å². The second-order valence-corrected chi connectivity index (χ2v) is 4.80. The molecule has 1 fully saturated rings. The highest BCUT2D eigenvalue weighted by atomic mass is 16.1. The van der Waals surface area contributed by atoms with Gasteiger partial charge in [0, 0.05) is 13.5 Å². The van der Waals surface area contributed by atoms with Gasteiger partial charge >= 0.3 is 0 Å². The lowest BCUT2D eigenvalue weighted by Crippen LogP contribution is -2.30. The molecule has 0 aromatic rings. The van der Waals surface area contributed by atoms with E-state index in [4.69, 9.17) is 0 Å². The smallest absolute Gasteiger partial charge is 0.216 e. The van der Waals surface area contributed by atoms with Gasteiger partial charge in [-0.1, -0.05) is 19.3 Å². The molecule has 0 aromatic carbocycles. The Morgan fingerprint density at radius 2 is 1.75 bits per heavy atom. The number of hydrogen-bond acceptors (Lipinski definition) is 2. The van der Waals surface area contributed by atoms with Crippen molar-refractivity contribution in [1.82, 2.24) is 10.2 Å². The third kappa shape index (κ3) is 6.83. The maximum Gasteiger partial charge on any atom is 0.216 e. The minimum absolute atomic E-state index is 0.0910. The van der Waals surface area contributed by atoms with Crippen LogP contribution < -0.4 is 5.32 Å². The average molecular weight is 226 g/mol. The van der Waals surface area contributed by atoms with Gasteiger partial charge in [0.25, 0.3) is 0 Å². The largest absolute Gasteiger partial charge is 0.356 e. The number of likely N-dealkylation sites (tertiary alicyclic amines) is 1. The summed E-state index contributed by atoms with van der Waals surface area (Å²) in [5.41, 5.74) is 0. The predicted molar refractivity (Wildman–Crippen MR) is 67.4 cm³/mol. The van der Waals surface area contributed by atoms with E-state index < -0.39 is 0 Å². The zero-order valence-corrected chi connectivity index (χ0v) is 10.6. The van der Waals surface area contributed by atoms with Crippen molar-refractivity contribution in [2.24, 2.45) is 0 Å². The molecule has 0 bridgehead atoms. The molecule has 0 aliphatic carbocycles. The van der Waals surface area contributed by atoms with E-state index in [1.54, 1.807) is 6.92 Å². The molecule has 1 aliphatic rings. The Bertz CT molecular complexity index is 188. The van der Waals surface area contributed by atoms with Gasteiger partial charge in [0.1, 0.15) is 0 Å². The van der Waals surface area contributed by atoms with Crippen LogP contribution >= 0.6 is 0 Å². The van der Waals surface area contributed by atoms with E-state index in [2.05, 4.69) is 10.2 Å². The highest BCUT2D eigenvalue weighted by Gasteiger charge is 2.08. The number of unbranched alkanes of at least 4 members (excludes halogenated alkanes) is 3. The van der Waals surface area contributed by atoms with Gasteiger partial charge in [0.15, 0.2) is 0 Å². The number of carbonyl (C=O) groups excluding carboxylic acids is 1. The molecule has 0 saturated carbocycles. The second-order valence-electron chi connectivity index (χ2n) is 4.80. The lowest BCUT2D eigenvalue weighted by atomic mass is 10.1. The Labute approximate surface area is 99.6 Å². The number of rotatable bonds is 7. The van der Waals surface area contributed by atoms with Crippen LogP contribution in [0, 0.1) is 0 Å². The molecule has 16 heavy (non-hydrogen) atoms. The lowest BCUT2D eigenvalue weighted by molar-refractivity contribution is -0.118. The van der Waals surface area contributed by atoms with Crippen LogP contribution in [0.2, 0.25) is 0 Å². The number of nitrogens with zero attached hydrogens (tertiary/aromatic N) is 1. The highest BCUT2D eigenvalue weighted by Crippen LogP contribution is 2.10. The lowest BCUT2D eigenvalue weighted by Gasteiger charge is -2.26. The molecule has 3 nitrogen and oxygen atoms in total. The first-order valence-electron chi connectivity index (χ1n) is 6.76. The number of amides is 1. The Morgan fingerprint density at radius 3 is 2.44 bits per heavy atom.